The van der Waals surface area contributed by atoms with Crippen LogP contribution in [-0.4, -0.2) is 53.8 Å². The van der Waals surface area contributed by atoms with Gasteiger partial charge in [0.2, 0.25) is 11.8 Å². The smallest absolute Gasteiger partial charge is 0.241 e. The molecule has 0 saturated carbocycles. The number of hydrogen-bond acceptors (Lipinski definition) is 3. The molecule has 24 heavy (non-hydrogen) atoms. The molecule has 0 unspecified atom stereocenters. The predicted molar refractivity (Wildman–Crippen MR) is 97.2 cm³/mol. The van der Waals surface area contributed by atoms with Crippen LogP contribution in [0.15, 0.2) is 24.3 Å². The van der Waals surface area contributed by atoms with Gasteiger partial charge in [-0.3, -0.25) is 14.5 Å². The Labute approximate surface area is 149 Å². The van der Waals surface area contributed by atoms with Crippen molar-refractivity contribution in [1.29, 1.82) is 0 Å². The van der Waals surface area contributed by atoms with Crippen molar-refractivity contribution in [1.82, 2.24) is 9.80 Å². The lowest BCUT2D eigenvalue weighted by Crippen LogP contribution is -2.44. The molecular formula is C18H26ClN3O2. The predicted octanol–water partition coefficient (Wildman–Crippen LogP) is 3.00. The third-order valence-electron chi connectivity index (χ3n) is 4.37. The SMILES string of the molecule is CCCC(=O)N1CCCN([C@H](C)C(=O)Nc2cccc(Cl)c2)CC1. The third kappa shape index (κ3) is 5.21. The first-order valence-corrected chi connectivity index (χ1v) is 8.97. The molecule has 0 radical (unpaired) electrons. The van der Waals surface area contributed by atoms with E-state index in [0.717, 1.165) is 32.5 Å². The average molecular weight is 352 g/mol. The Hall–Kier alpha value is -1.59. The maximum absolute atomic E-state index is 12.5. The number of benzene rings is 1. The van der Waals surface area contributed by atoms with Crippen LogP contribution < -0.4 is 5.32 Å². The van der Waals surface area contributed by atoms with Crippen LogP contribution in [0, 0.1) is 0 Å². The summed E-state index contributed by atoms with van der Waals surface area (Å²) in [5.74, 6) is 0.168. The molecule has 5 nitrogen and oxygen atoms in total. The summed E-state index contributed by atoms with van der Waals surface area (Å²) in [4.78, 5) is 28.6. The van der Waals surface area contributed by atoms with Gasteiger partial charge in [0.15, 0.2) is 0 Å². The van der Waals surface area contributed by atoms with Crippen LogP contribution in [0.3, 0.4) is 0 Å². The van der Waals surface area contributed by atoms with Gasteiger partial charge in [0.1, 0.15) is 0 Å². The summed E-state index contributed by atoms with van der Waals surface area (Å²) in [6.07, 6.45) is 2.37. The quantitative estimate of drug-likeness (QED) is 0.887. The summed E-state index contributed by atoms with van der Waals surface area (Å²) >= 11 is 5.95. The van der Waals surface area contributed by atoms with E-state index >= 15 is 0 Å². The summed E-state index contributed by atoms with van der Waals surface area (Å²) in [6, 6.07) is 6.90. The van der Waals surface area contributed by atoms with Gasteiger partial charge in [-0.1, -0.05) is 24.6 Å². The molecule has 6 heteroatoms. The normalized spacial score (nSPS) is 17.2. The van der Waals surface area contributed by atoms with Gasteiger partial charge in [0.25, 0.3) is 0 Å². The standard InChI is InChI=1S/C18H26ClN3O2/c1-3-6-17(23)22-10-5-9-21(11-12-22)14(2)18(24)20-16-8-4-7-15(19)13-16/h4,7-8,13-14H,3,5-6,9-12H2,1-2H3,(H,20,24)/t14-/m1/s1. The van der Waals surface area contributed by atoms with E-state index in [1.807, 2.05) is 30.9 Å². The molecule has 0 bridgehead atoms. The third-order valence-corrected chi connectivity index (χ3v) is 4.60. The fourth-order valence-electron chi connectivity index (χ4n) is 2.92. The van der Waals surface area contributed by atoms with Gasteiger partial charge >= 0.3 is 0 Å². The maximum Gasteiger partial charge on any atom is 0.241 e. The second kappa shape index (κ2) is 9.04. The van der Waals surface area contributed by atoms with Crippen LogP contribution in [0.1, 0.15) is 33.1 Å². The van der Waals surface area contributed by atoms with E-state index in [-0.39, 0.29) is 17.9 Å². The van der Waals surface area contributed by atoms with E-state index in [0.29, 0.717) is 23.7 Å². The molecular weight excluding hydrogens is 326 g/mol. The van der Waals surface area contributed by atoms with Crippen molar-refractivity contribution in [3.05, 3.63) is 29.3 Å². The Kier molecular flexibility index (Phi) is 7.06. The molecule has 1 aromatic rings. The summed E-state index contributed by atoms with van der Waals surface area (Å²) in [5, 5.41) is 3.51. The second-order valence-corrected chi connectivity index (χ2v) is 6.63. The van der Waals surface area contributed by atoms with Crippen LogP contribution in [0.5, 0.6) is 0 Å². The summed E-state index contributed by atoms with van der Waals surface area (Å²) in [5.41, 5.74) is 0.703. The molecule has 1 N–H and O–H groups in total. The second-order valence-electron chi connectivity index (χ2n) is 6.20. The zero-order valence-electron chi connectivity index (χ0n) is 14.4. The molecule has 1 heterocycles. The Morgan fingerprint density at radius 1 is 1.25 bits per heavy atom. The number of rotatable bonds is 5. The lowest BCUT2D eigenvalue weighted by molar-refractivity contribution is -0.131. The van der Waals surface area contributed by atoms with Gasteiger partial charge in [-0.15, -0.1) is 0 Å². The van der Waals surface area contributed by atoms with E-state index < -0.39 is 0 Å². The average Bonchev–Trinajstić information content (AvgIpc) is 2.80. The zero-order chi connectivity index (χ0) is 17.5. The first-order valence-electron chi connectivity index (χ1n) is 8.59. The fraction of sp³-hybridized carbons (Fsp3) is 0.556. The summed E-state index contributed by atoms with van der Waals surface area (Å²) in [6.45, 7) is 6.93. The molecule has 2 rings (SSSR count). The Balaban J connectivity index is 1.90. The minimum absolute atomic E-state index is 0.0504. The number of nitrogens with zero attached hydrogens (tertiary/aromatic N) is 2. The van der Waals surface area contributed by atoms with Crippen LogP contribution in [0.2, 0.25) is 5.02 Å². The van der Waals surface area contributed by atoms with Gasteiger partial charge < -0.3 is 10.2 Å². The highest BCUT2D eigenvalue weighted by Crippen LogP contribution is 2.16. The molecule has 1 atom stereocenters. The van der Waals surface area contributed by atoms with E-state index in [1.54, 1.807) is 12.1 Å². The number of anilines is 1. The van der Waals surface area contributed by atoms with E-state index in [4.69, 9.17) is 11.6 Å². The molecule has 1 aliphatic rings. The largest absolute Gasteiger partial charge is 0.341 e. The first-order chi connectivity index (χ1) is 11.5. The lowest BCUT2D eigenvalue weighted by Gasteiger charge is -2.27. The van der Waals surface area contributed by atoms with Crippen LogP contribution in [-0.2, 0) is 9.59 Å². The van der Waals surface area contributed by atoms with Crippen molar-refractivity contribution >= 4 is 29.1 Å². The van der Waals surface area contributed by atoms with Gasteiger partial charge in [-0.05, 0) is 38.0 Å². The molecule has 0 aromatic heterocycles. The van der Waals surface area contributed by atoms with Crippen molar-refractivity contribution in [2.45, 2.75) is 39.2 Å². The first kappa shape index (κ1) is 18.7. The van der Waals surface area contributed by atoms with Gasteiger partial charge in [0, 0.05) is 43.3 Å². The summed E-state index contributed by atoms with van der Waals surface area (Å²) < 4.78 is 0. The zero-order valence-corrected chi connectivity index (χ0v) is 15.2. The molecule has 0 aliphatic carbocycles. The van der Waals surface area contributed by atoms with Crippen LogP contribution in [0.25, 0.3) is 0 Å². The fourth-order valence-corrected chi connectivity index (χ4v) is 3.12. The number of carbonyl (C=O) groups is 2. The Morgan fingerprint density at radius 2 is 2.04 bits per heavy atom. The molecule has 2 amide bonds. The minimum atomic E-state index is -0.245. The summed E-state index contributed by atoms with van der Waals surface area (Å²) in [7, 11) is 0. The molecule has 1 saturated heterocycles. The lowest BCUT2D eigenvalue weighted by atomic mass is 10.2. The number of nitrogens with one attached hydrogen (secondary N) is 1. The number of hydrogen-bond donors (Lipinski definition) is 1. The van der Waals surface area contributed by atoms with Gasteiger partial charge in [-0.2, -0.15) is 0 Å². The van der Waals surface area contributed by atoms with E-state index in [2.05, 4.69) is 10.2 Å². The van der Waals surface area contributed by atoms with Gasteiger partial charge in [0.05, 0.1) is 6.04 Å². The maximum atomic E-state index is 12.5. The minimum Gasteiger partial charge on any atom is -0.341 e. The van der Waals surface area contributed by atoms with Crippen molar-refractivity contribution in [2.75, 3.05) is 31.5 Å². The van der Waals surface area contributed by atoms with Crippen molar-refractivity contribution in [3.8, 4) is 0 Å². The highest BCUT2D eigenvalue weighted by Gasteiger charge is 2.25. The number of carbonyl (C=O) groups excluding carboxylic acids is 2. The Bertz CT molecular complexity index is 579. The van der Waals surface area contributed by atoms with Crippen LogP contribution in [0.4, 0.5) is 5.69 Å². The topological polar surface area (TPSA) is 52.7 Å². The molecule has 132 valence electrons. The monoisotopic (exact) mass is 351 g/mol. The van der Waals surface area contributed by atoms with Crippen molar-refractivity contribution in [3.63, 3.8) is 0 Å². The van der Waals surface area contributed by atoms with Gasteiger partial charge in [-0.25, -0.2) is 0 Å². The van der Waals surface area contributed by atoms with Crippen molar-refractivity contribution < 1.29 is 9.59 Å². The van der Waals surface area contributed by atoms with Crippen LogP contribution >= 0.6 is 11.6 Å². The van der Waals surface area contributed by atoms with Crippen molar-refractivity contribution in [2.24, 2.45) is 0 Å². The number of amides is 2. The molecule has 0 spiro atoms. The highest BCUT2D eigenvalue weighted by atomic mass is 35.5. The number of halogens is 1. The molecule has 1 fully saturated rings. The van der Waals surface area contributed by atoms with E-state index in [1.165, 1.54) is 0 Å². The highest BCUT2D eigenvalue weighted by molar-refractivity contribution is 6.30. The molecule has 1 aliphatic heterocycles. The Morgan fingerprint density at radius 3 is 2.75 bits per heavy atom. The van der Waals surface area contributed by atoms with E-state index in [9.17, 15) is 9.59 Å². The molecule has 1 aromatic carbocycles.